The molecule has 0 spiro atoms. The molecule has 1 saturated heterocycles. The van der Waals surface area contributed by atoms with Gasteiger partial charge in [0, 0.05) is 22.6 Å². The van der Waals surface area contributed by atoms with Crippen molar-refractivity contribution in [2.45, 2.75) is 31.9 Å². The van der Waals surface area contributed by atoms with Gasteiger partial charge in [-0.1, -0.05) is 24.8 Å². The van der Waals surface area contributed by atoms with E-state index in [1.807, 2.05) is 24.3 Å². The zero-order valence-corrected chi connectivity index (χ0v) is 17.5. The Morgan fingerprint density at radius 3 is 2.97 bits per heavy atom. The molecule has 2 aliphatic heterocycles. The molecule has 160 valence electrons. The topological polar surface area (TPSA) is 89.0 Å². The predicted molar refractivity (Wildman–Crippen MR) is 114 cm³/mol. The summed E-state index contributed by atoms with van der Waals surface area (Å²) in [5, 5.41) is 11.1. The van der Waals surface area contributed by atoms with Crippen molar-refractivity contribution in [2.75, 3.05) is 13.7 Å². The molecule has 4 atom stereocenters. The second-order valence-corrected chi connectivity index (χ2v) is 8.27. The molecule has 3 aliphatic rings. The molecule has 1 aromatic heterocycles. The molecule has 31 heavy (non-hydrogen) atoms. The zero-order chi connectivity index (χ0) is 21.9. The maximum atomic E-state index is 13.0. The normalized spacial score (nSPS) is 24.8. The fourth-order valence-corrected chi connectivity index (χ4v) is 5.33. The van der Waals surface area contributed by atoms with Gasteiger partial charge in [-0.25, -0.2) is 9.78 Å². The molecular formula is C24H24N2O5. The van der Waals surface area contributed by atoms with Crippen molar-refractivity contribution >= 4 is 28.4 Å². The van der Waals surface area contributed by atoms with Gasteiger partial charge in [-0.05, 0) is 37.5 Å². The first-order chi connectivity index (χ1) is 15.0. The highest BCUT2D eigenvalue weighted by atomic mass is 16.5. The van der Waals surface area contributed by atoms with Crippen LogP contribution < -0.4 is 4.74 Å². The van der Waals surface area contributed by atoms with E-state index in [4.69, 9.17) is 14.5 Å². The largest absolute Gasteiger partial charge is 0.494 e. The molecule has 1 aliphatic carbocycles. The standard InChI is InChI=1S/C24H24N2O5/c1-4-10-31-24(29)22-19-14(21-18(12(2)27)23(28)26(21)22)8-9-16-15(19)11-13-6-5-7-17(30-3)20(13)25-16/h4-7,11-12,14,18,21,27H,1,8-10H2,2-3H3/t12-,14+,18-,21-/m1/s1. The van der Waals surface area contributed by atoms with E-state index in [2.05, 4.69) is 6.58 Å². The second kappa shape index (κ2) is 7.20. The van der Waals surface area contributed by atoms with E-state index in [0.717, 1.165) is 40.6 Å². The van der Waals surface area contributed by atoms with Gasteiger partial charge in [-0.3, -0.25) is 4.79 Å². The molecule has 7 nitrogen and oxygen atoms in total. The molecule has 0 bridgehead atoms. The van der Waals surface area contributed by atoms with Crippen LogP contribution in [0.4, 0.5) is 0 Å². The van der Waals surface area contributed by atoms with Crippen molar-refractivity contribution < 1.29 is 24.2 Å². The van der Waals surface area contributed by atoms with Crippen molar-refractivity contribution in [1.82, 2.24) is 9.88 Å². The second-order valence-electron chi connectivity index (χ2n) is 8.27. The number of carbonyl (C=O) groups is 2. The number of fused-ring (bicyclic) bond motifs is 6. The van der Waals surface area contributed by atoms with E-state index in [1.165, 1.54) is 11.0 Å². The highest BCUT2D eigenvalue weighted by Crippen LogP contribution is 2.54. The first-order valence-electron chi connectivity index (χ1n) is 10.5. The number of β-lactam (4-membered cyclic amide) rings is 1. The lowest BCUT2D eigenvalue weighted by Crippen LogP contribution is -2.64. The van der Waals surface area contributed by atoms with Crippen LogP contribution in [0.2, 0.25) is 0 Å². The lowest BCUT2D eigenvalue weighted by atomic mass is 9.71. The van der Waals surface area contributed by atoms with Gasteiger partial charge in [0.25, 0.3) is 0 Å². The van der Waals surface area contributed by atoms with Gasteiger partial charge in [0.05, 0.1) is 25.2 Å². The summed E-state index contributed by atoms with van der Waals surface area (Å²) in [7, 11) is 1.62. The lowest BCUT2D eigenvalue weighted by molar-refractivity contribution is -0.164. The van der Waals surface area contributed by atoms with E-state index >= 15 is 0 Å². The van der Waals surface area contributed by atoms with Crippen molar-refractivity contribution in [3.05, 3.63) is 53.9 Å². The number of amides is 1. The number of aliphatic hydroxyl groups excluding tert-OH is 1. The average molecular weight is 420 g/mol. The summed E-state index contributed by atoms with van der Waals surface area (Å²) in [6, 6.07) is 7.52. The van der Waals surface area contributed by atoms with Crippen LogP contribution in [0.25, 0.3) is 16.5 Å². The van der Waals surface area contributed by atoms with E-state index in [0.29, 0.717) is 5.75 Å². The Bertz CT molecular complexity index is 1150. The highest BCUT2D eigenvalue weighted by molar-refractivity contribution is 6.08. The molecule has 0 radical (unpaired) electrons. The first kappa shape index (κ1) is 19.8. The highest BCUT2D eigenvalue weighted by Gasteiger charge is 2.62. The Balaban J connectivity index is 1.70. The average Bonchev–Trinajstić information content (AvgIpc) is 3.06. The molecule has 1 amide bonds. The van der Waals surface area contributed by atoms with Gasteiger partial charge in [-0.15, -0.1) is 0 Å². The van der Waals surface area contributed by atoms with E-state index in [9.17, 15) is 14.7 Å². The first-order valence-corrected chi connectivity index (χ1v) is 10.5. The number of methoxy groups -OCH3 is 1. The number of aliphatic hydroxyl groups is 1. The van der Waals surface area contributed by atoms with Crippen LogP contribution in [0.3, 0.4) is 0 Å². The number of carbonyl (C=O) groups excluding carboxylic acids is 2. The third-order valence-corrected chi connectivity index (χ3v) is 6.60. The molecule has 1 fully saturated rings. The number of esters is 1. The summed E-state index contributed by atoms with van der Waals surface area (Å²) in [6.45, 7) is 5.29. The van der Waals surface area contributed by atoms with E-state index < -0.39 is 18.0 Å². The van der Waals surface area contributed by atoms with Gasteiger partial charge in [0.2, 0.25) is 5.91 Å². The van der Waals surface area contributed by atoms with Crippen molar-refractivity contribution in [3.8, 4) is 5.75 Å². The molecule has 2 aromatic rings. The van der Waals surface area contributed by atoms with Crippen molar-refractivity contribution in [2.24, 2.45) is 11.8 Å². The number of hydrogen-bond donors (Lipinski definition) is 1. The minimum Gasteiger partial charge on any atom is -0.494 e. The SMILES string of the molecule is C=CCOC(=O)C1=C2c3cc4cccc(OC)c4nc3CC[C@@H]2[C@@H]2[C@@H]([C@@H](C)O)C(=O)N12. The predicted octanol–water partition coefficient (Wildman–Crippen LogP) is 2.47. The fraction of sp³-hybridized carbons (Fsp3) is 0.375. The maximum Gasteiger partial charge on any atom is 0.355 e. The monoisotopic (exact) mass is 420 g/mol. The number of aromatic nitrogens is 1. The van der Waals surface area contributed by atoms with Crippen LogP contribution in [0, 0.1) is 11.8 Å². The van der Waals surface area contributed by atoms with Crippen LogP contribution in [0.1, 0.15) is 24.6 Å². The number of pyridine rings is 1. The molecule has 5 rings (SSSR count). The van der Waals surface area contributed by atoms with Crippen LogP contribution in [-0.2, 0) is 20.7 Å². The quantitative estimate of drug-likeness (QED) is 0.454. The molecule has 1 aromatic carbocycles. The summed E-state index contributed by atoms with van der Waals surface area (Å²) in [5.74, 6) is -0.634. The van der Waals surface area contributed by atoms with Gasteiger partial charge >= 0.3 is 5.97 Å². The number of para-hydroxylation sites is 1. The number of rotatable bonds is 5. The third kappa shape index (κ3) is 2.73. The smallest absolute Gasteiger partial charge is 0.355 e. The van der Waals surface area contributed by atoms with Crippen molar-refractivity contribution in [1.29, 1.82) is 0 Å². The minimum atomic E-state index is -0.779. The Morgan fingerprint density at radius 2 is 2.26 bits per heavy atom. The van der Waals surface area contributed by atoms with Crippen LogP contribution in [0.15, 0.2) is 42.6 Å². The Kier molecular flexibility index (Phi) is 4.59. The Morgan fingerprint density at radius 1 is 1.45 bits per heavy atom. The third-order valence-electron chi connectivity index (χ3n) is 6.60. The molecule has 1 N–H and O–H groups in total. The number of benzene rings is 1. The van der Waals surface area contributed by atoms with Crippen molar-refractivity contribution in [3.63, 3.8) is 0 Å². The summed E-state index contributed by atoms with van der Waals surface area (Å²) < 4.78 is 10.8. The minimum absolute atomic E-state index is 0.0408. The van der Waals surface area contributed by atoms with Crippen LogP contribution >= 0.6 is 0 Å². The summed E-state index contributed by atoms with van der Waals surface area (Å²) >= 11 is 0. The molecule has 0 unspecified atom stereocenters. The summed E-state index contributed by atoms with van der Waals surface area (Å²) in [5.41, 5.74) is 3.60. The summed E-state index contributed by atoms with van der Waals surface area (Å²) in [6.07, 6.45) is 2.18. The molecular weight excluding hydrogens is 396 g/mol. The maximum absolute atomic E-state index is 13.0. The molecule has 7 heteroatoms. The number of hydrogen-bond acceptors (Lipinski definition) is 6. The van der Waals surface area contributed by atoms with E-state index in [1.54, 1.807) is 14.0 Å². The lowest BCUT2D eigenvalue weighted by Gasteiger charge is -2.47. The van der Waals surface area contributed by atoms with Gasteiger partial charge in [-0.2, -0.15) is 0 Å². The zero-order valence-electron chi connectivity index (χ0n) is 17.5. The summed E-state index contributed by atoms with van der Waals surface area (Å²) in [4.78, 5) is 32.3. The van der Waals surface area contributed by atoms with Gasteiger partial charge in [0.15, 0.2) is 0 Å². The Labute approximate surface area is 180 Å². The van der Waals surface area contributed by atoms with Gasteiger partial charge in [0.1, 0.15) is 23.6 Å². The van der Waals surface area contributed by atoms with Crippen LogP contribution in [-0.4, -0.2) is 52.7 Å². The number of ether oxygens (including phenoxy) is 2. The Hall–Kier alpha value is -3.19. The van der Waals surface area contributed by atoms with Crippen LogP contribution in [0.5, 0.6) is 5.75 Å². The molecule has 0 saturated carbocycles. The van der Waals surface area contributed by atoms with Gasteiger partial charge < -0.3 is 19.5 Å². The van der Waals surface area contributed by atoms with E-state index in [-0.39, 0.29) is 30.2 Å². The number of aryl methyl sites for hydroxylation is 1. The number of nitrogens with zero attached hydrogens (tertiary/aromatic N) is 2. The molecule has 3 heterocycles. The fourth-order valence-electron chi connectivity index (χ4n) is 5.33.